The van der Waals surface area contributed by atoms with Gasteiger partial charge in [-0.3, -0.25) is 14.9 Å². The van der Waals surface area contributed by atoms with Gasteiger partial charge in [-0.15, -0.1) is 11.6 Å². The topological polar surface area (TPSA) is 72.7 Å². The molecule has 0 saturated carbocycles. The quantitative estimate of drug-likeness (QED) is 0.455. The van der Waals surface area contributed by atoms with Crippen LogP contribution in [0.1, 0.15) is 10.4 Å². The van der Waals surface area contributed by atoms with Gasteiger partial charge in [0.2, 0.25) is 0 Å². The lowest BCUT2D eigenvalue weighted by molar-refractivity contribution is -0.384. The van der Waals surface area contributed by atoms with E-state index in [1.165, 1.54) is 36.3 Å². The number of nitrogens with zero attached hydrogens (tertiary/aromatic N) is 2. The van der Waals surface area contributed by atoms with Gasteiger partial charge in [0.15, 0.2) is 0 Å². The number of carbonyl (C=O) groups is 1. The van der Waals surface area contributed by atoms with Crippen molar-refractivity contribution in [3.8, 4) is 0 Å². The van der Waals surface area contributed by atoms with E-state index in [9.17, 15) is 14.9 Å². The average Bonchev–Trinajstić information content (AvgIpc) is 2.38. The number of non-ortho nitro benzene ring substituents is 1. The molecular formula is C12H15ClN2O4. The van der Waals surface area contributed by atoms with E-state index in [-0.39, 0.29) is 22.5 Å². The fraction of sp³-hybridized carbons (Fsp3) is 0.417. The molecular weight excluding hydrogens is 272 g/mol. The summed E-state index contributed by atoms with van der Waals surface area (Å²) in [7, 11) is 3.12. The summed E-state index contributed by atoms with van der Waals surface area (Å²) in [6.07, 6.45) is 0. The van der Waals surface area contributed by atoms with Crippen molar-refractivity contribution < 1.29 is 14.5 Å². The van der Waals surface area contributed by atoms with Crippen molar-refractivity contribution >= 4 is 23.2 Å². The van der Waals surface area contributed by atoms with E-state index in [1.54, 1.807) is 7.05 Å². The van der Waals surface area contributed by atoms with Gasteiger partial charge in [-0.2, -0.15) is 0 Å². The zero-order chi connectivity index (χ0) is 14.4. The van der Waals surface area contributed by atoms with Crippen LogP contribution in [-0.2, 0) is 4.74 Å². The fourth-order valence-corrected chi connectivity index (χ4v) is 1.92. The van der Waals surface area contributed by atoms with E-state index in [4.69, 9.17) is 16.3 Å². The third kappa shape index (κ3) is 4.50. The summed E-state index contributed by atoms with van der Waals surface area (Å²) in [5.74, 6) is -0.314. The van der Waals surface area contributed by atoms with E-state index in [2.05, 4.69) is 0 Å². The highest BCUT2D eigenvalue weighted by Gasteiger charge is 2.17. The number of alkyl halides is 1. The highest BCUT2D eigenvalue weighted by atomic mass is 35.5. The number of methoxy groups -OCH3 is 1. The molecule has 7 heteroatoms. The van der Waals surface area contributed by atoms with Gasteiger partial charge in [0.1, 0.15) is 0 Å². The molecule has 104 valence electrons. The second-order valence-electron chi connectivity index (χ2n) is 4.05. The van der Waals surface area contributed by atoms with Gasteiger partial charge in [-0.1, -0.05) is 6.07 Å². The van der Waals surface area contributed by atoms with E-state index < -0.39 is 4.92 Å². The molecule has 0 spiro atoms. The Bertz CT molecular complexity index is 467. The molecule has 1 aromatic carbocycles. The zero-order valence-corrected chi connectivity index (χ0v) is 11.5. The molecule has 1 rings (SSSR count). The van der Waals surface area contributed by atoms with Crippen molar-refractivity contribution in [2.24, 2.45) is 0 Å². The smallest absolute Gasteiger partial charge is 0.270 e. The molecule has 1 unspecified atom stereocenters. The minimum Gasteiger partial charge on any atom is -0.383 e. The van der Waals surface area contributed by atoms with Crippen molar-refractivity contribution in [1.29, 1.82) is 0 Å². The molecule has 0 bridgehead atoms. The lowest BCUT2D eigenvalue weighted by Crippen LogP contribution is -2.33. The maximum absolute atomic E-state index is 12.1. The maximum atomic E-state index is 12.1. The lowest BCUT2D eigenvalue weighted by Gasteiger charge is -2.20. The van der Waals surface area contributed by atoms with Crippen molar-refractivity contribution in [3.05, 3.63) is 39.9 Å². The summed E-state index contributed by atoms with van der Waals surface area (Å²) < 4.78 is 4.88. The van der Waals surface area contributed by atoms with Crippen LogP contribution < -0.4 is 0 Å². The largest absolute Gasteiger partial charge is 0.383 e. The van der Waals surface area contributed by atoms with Crippen LogP contribution in [0.25, 0.3) is 0 Å². The molecule has 0 aliphatic rings. The normalized spacial score (nSPS) is 11.9. The number of rotatable bonds is 6. The summed E-state index contributed by atoms with van der Waals surface area (Å²) in [4.78, 5) is 23.6. The van der Waals surface area contributed by atoms with Crippen LogP contribution in [0, 0.1) is 10.1 Å². The first-order valence-electron chi connectivity index (χ1n) is 5.58. The molecule has 0 aliphatic heterocycles. The Labute approximate surface area is 116 Å². The van der Waals surface area contributed by atoms with Crippen molar-refractivity contribution in [2.45, 2.75) is 5.38 Å². The van der Waals surface area contributed by atoms with Gasteiger partial charge in [-0.05, 0) is 6.07 Å². The van der Waals surface area contributed by atoms with E-state index in [0.29, 0.717) is 13.2 Å². The average molecular weight is 287 g/mol. The third-order valence-electron chi connectivity index (χ3n) is 2.47. The molecule has 0 aromatic heterocycles. The van der Waals surface area contributed by atoms with Crippen LogP contribution in [0.4, 0.5) is 5.69 Å². The molecule has 0 radical (unpaired) electrons. The Morgan fingerprint density at radius 3 is 2.84 bits per heavy atom. The van der Waals surface area contributed by atoms with Crippen molar-refractivity contribution in [3.63, 3.8) is 0 Å². The van der Waals surface area contributed by atoms with E-state index in [1.807, 2.05) is 0 Å². The maximum Gasteiger partial charge on any atom is 0.270 e. The van der Waals surface area contributed by atoms with Gasteiger partial charge in [0.25, 0.3) is 11.6 Å². The summed E-state index contributed by atoms with van der Waals surface area (Å²) >= 11 is 5.96. The predicted molar refractivity (Wildman–Crippen MR) is 71.6 cm³/mol. The summed E-state index contributed by atoms with van der Waals surface area (Å²) in [6.45, 7) is 0.630. The lowest BCUT2D eigenvalue weighted by atomic mass is 10.2. The predicted octanol–water partition coefficient (Wildman–Crippen LogP) is 1.92. The van der Waals surface area contributed by atoms with Gasteiger partial charge in [-0.25, -0.2) is 0 Å². The molecule has 0 saturated heterocycles. The molecule has 0 fully saturated rings. The van der Waals surface area contributed by atoms with E-state index >= 15 is 0 Å². The van der Waals surface area contributed by atoms with Crippen LogP contribution in [0.5, 0.6) is 0 Å². The molecule has 1 amide bonds. The molecule has 0 heterocycles. The first kappa shape index (κ1) is 15.4. The Kier molecular flexibility index (Phi) is 5.72. The summed E-state index contributed by atoms with van der Waals surface area (Å²) in [6, 6.07) is 5.60. The monoisotopic (exact) mass is 286 g/mol. The van der Waals surface area contributed by atoms with Crippen LogP contribution in [0.15, 0.2) is 24.3 Å². The summed E-state index contributed by atoms with van der Waals surface area (Å²) in [5.41, 5.74) is 0.150. The Balaban J connectivity index is 2.76. The first-order chi connectivity index (χ1) is 8.95. The molecule has 0 aliphatic carbocycles. The van der Waals surface area contributed by atoms with Crippen molar-refractivity contribution in [1.82, 2.24) is 4.90 Å². The Morgan fingerprint density at radius 2 is 2.26 bits per heavy atom. The zero-order valence-electron chi connectivity index (χ0n) is 10.7. The minimum atomic E-state index is -0.536. The van der Waals surface area contributed by atoms with Crippen LogP contribution in [0.3, 0.4) is 0 Å². The number of benzene rings is 1. The van der Waals surface area contributed by atoms with Crippen LogP contribution in [0.2, 0.25) is 0 Å². The first-order valence-corrected chi connectivity index (χ1v) is 6.02. The van der Waals surface area contributed by atoms with Gasteiger partial charge in [0, 0.05) is 38.4 Å². The minimum absolute atomic E-state index is 0.112. The van der Waals surface area contributed by atoms with Crippen LogP contribution in [-0.4, -0.2) is 48.4 Å². The van der Waals surface area contributed by atoms with Crippen molar-refractivity contribution in [2.75, 3.05) is 27.3 Å². The Morgan fingerprint density at radius 1 is 1.58 bits per heavy atom. The highest BCUT2D eigenvalue weighted by molar-refractivity contribution is 6.21. The molecule has 1 aromatic rings. The number of nitro groups is 1. The van der Waals surface area contributed by atoms with Gasteiger partial charge < -0.3 is 9.64 Å². The highest BCUT2D eigenvalue weighted by Crippen LogP contribution is 2.15. The second kappa shape index (κ2) is 7.06. The van der Waals surface area contributed by atoms with Gasteiger partial charge >= 0.3 is 0 Å². The number of carbonyl (C=O) groups excluding carboxylic acids is 1. The molecule has 19 heavy (non-hydrogen) atoms. The molecule has 6 nitrogen and oxygen atoms in total. The standard InChI is InChI=1S/C12H15ClN2O4/c1-14(7-10(13)8-19-2)12(16)9-4-3-5-11(6-9)15(17)18/h3-6,10H,7-8H2,1-2H3. The second-order valence-corrected chi connectivity index (χ2v) is 4.66. The third-order valence-corrected chi connectivity index (χ3v) is 2.73. The number of halogens is 1. The van der Waals surface area contributed by atoms with Gasteiger partial charge in [0.05, 0.1) is 16.9 Å². The number of nitro benzene ring substituents is 1. The number of hydrogen-bond donors (Lipinski definition) is 0. The van der Waals surface area contributed by atoms with E-state index in [0.717, 1.165) is 0 Å². The molecule has 0 N–H and O–H groups in total. The number of ether oxygens (including phenoxy) is 1. The van der Waals surface area contributed by atoms with Crippen LogP contribution >= 0.6 is 11.6 Å². The fourth-order valence-electron chi connectivity index (χ4n) is 1.59. The number of amides is 1. The summed E-state index contributed by atoms with van der Waals surface area (Å²) in [5, 5.41) is 10.3. The SMILES string of the molecule is COCC(Cl)CN(C)C(=O)c1cccc([N+](=O)[O-])c1. The molecule has 1 atom stereocenters. The Hall–Kier alpha value is -1.66. The number of hydrogen-bond acceptors (Lipinski definition) is 4.